The van der Waals surface area contributed by atoms with Crippen LogP contribution in [0.3, 0.4) is 0 Å². The first kappa shape index (κ1) is 18.8. The van der Waals surface area contributed by atoms with Crippen LogP contribution in [0.2, 0.25) is 0 Å². The van der Waals surface area contributed by atoms with Crippen LogP contribution in [0, 0.1) is 0 Å². The second-order valence-electron chi connectivity index (χ2n) is 6.46. The van der Waals surface area contributed by atoms with Crippen LogP contribution in [-0.4, -0.2) is 46.1 Å². The number of hydrogen-bond acceptors (Lipinski definition) is 6. The van der Waals surface area contributed by atoms with E-state index in [1.807, 2.05) is 0 Å². The molecule has 8 heteroatoms. The number of nitrogens with zero attached hydrogens (tertiary/aromatic N) is 1. The SMILES string of the molecule is O=C(CCCCCN=C1NS(=O)(=O)c2ccccc21)OCC1CCCO1. The van der Waals surface area contributed by atoms with E-state index in [9.17, 15) is 13.2 Å². The molecule has 1 unspecified atom stereocenters. The molecule has 142 valence electrons. The van der Waals surface area contributed by atoms with E-state index in [0.717, 1.165) is 38.7 Å². The molecule has 0 bridgehead atoms. The van der Waals surface area contributed by atoms with Gasteiger partial charge in [-0.05, 0) is 37.8 Å². The number of carbonyl (C=O) groups is 1. The van der Waals surface area contributed by atoms with Crippen molar-refractivity contribution >= 4 is 21.8 Å². The Morgan fingerprint density at radius 1 is 1.27 bits per heavy atom. The maximum absolute atomic E-state index is 12.0. The second-order valence-corrected chi connectivity index (χ2v) is 8.11. The van der Waals surface area contributed by atoms with Gasteiger partial charge in [0.15, 0.2) is 0 Å². The molecule has 1 aromatic carbocycles. The van der Waals surface area contributed by atoms with Gasteiger partial charge in [0.1, 0.15) is 12.4 Å². The summed E-state index contributed by atoms with van der Waals surface area (Å²) in [6.45, 7) is 1.62. The molecule has 1 fully saturated rings. The zero-order chi connectivity index (χ0) is 18.4. The molecule has 0 aliphatic carbocycles. The quantitative estimate of drug-likeness (QED) is 0.550. The Balaban J connectivity index is 1.34. The van der Waals surface area contributed by atoms with Crippen molar-refractivity contribution in [2.45, 2.75) is 49.5 Å². The summed E-state index contributed by atoms with van der Waals surface area (Å²) < 4.78 is 37.1. The standard InChI is InChI=1S/C18H24N2O5S/c21-17(25-13-14-7-6-12-24-14)10-2-1-5-11-19-18-15-8-3-4-9-16(15)26(22,23)20-18/h3-4,8-9,14H,1-2,5-7,10-13H2,(H,19,20). The maximum atomic E-state index is 12.0. The van der Waals surface area contributed by atoms with Gasteiger partial charge >= 0.3 is 5.97 Å². The molecule has 3 rings (SSSR count). The van der Waals surface area contributed by atoms with Gasteiger partial charge in [-0.1, -0.05) is 18.6 Å². The Hall–Kier alpha value is -1.93. The number of nitrogens with one attached hydrogen (secondary N) is 1. The third-order valence-electron chi connectivity index (χ3n) is 4.43. The van der Waals surface area contributed by atoms with Gasteiger partial charge in [-0.3, -0.25) is 14.5 Å². The lowest BCUT2D eigenvalue weighted by Gasteiger charge is -2.09. The van der Waals surface area contributed by atoms with Gasteiger partial charge in [-0.15, -0.1) is 0 Å². The molecular weight excluding hydrogens is 356 g/mol. The van der Waals surface area contributed by atoms with E-state index in [1.54, 1.807) is 24.3 Å². The van der Waals surface area contributed by atoms with E-state index in [1.165, 1.54) is 0 Å². The molecule has 0 radical (unpaired) electrons. The largest absolute Gasteiger partial charge is 0.463 e. The van der Waals surface area contributed by atoms with Gasteiger partial charge in [0.25, 0.3) is 10.0 Å². The van der Waals surface area contributed by atoms with Crippen LogP contribution >= 0.6 is 0 Å². The average molecular weight is 380 g/mol. The monoisotopic (exact) mass is 380 g/mol. The van der Waals surface area contributed by atoms with Crippen LogP contribution in [0.25, 0.3) is 0 Å². The van der Waals surface area contributed by atoms with Crippen molar-refractivity contribution in [2.75, 3.05) is 19.8 Å². The maximum Gasteiger partial charge on any atom is 0.305 e. The van der Waals surface area contributed by atoms with Crippen molar-refractivity contribution in [3.05, 3.63) is 29.8 Å². The van der Waals surface area contributed by atoms with E-state index >= 15 is 0 Å². The van der Waals surface area contributed by atoms with Crippen LogP contribution in [0.1, 0.15) is 44.1 Å². The summed E-state index contributed by atoms with van der Waals surface area (Å²) >= 11 is 0. The highest BCUT2D eigenvalue weighted by Crippen LogP contribution is 2.22. The molecule has 0 saturated carbocycles. The summed E-state index contributed by atoms with van der Waals surface area (Å²) in [6.07, 6.45) is 4.79. The summed E-state index contributed by atoms with van der Waals surface area (Å²) in [4.78, 5) is 16.3. The summed E-state index contributed by atoms with van der Waals surface area (Å²) in [5.41, 5.74) is 0.616. The lowest BCUT2D eigenvalue weighted by molar-refractivity contribution is -0.147. The lowest BCUT2D eigenvalue weighted by Crippen LogP contribution is -2.22. The molecule has 2 aliphatic heterocycles. The van der Waals surface area contributed by atoms with Crippen molar-refractivity contribution in [2.24, 2.45) is 4.99 Å². The van der Waals surface area contributed by atoms with E-state index in [2.05, 4.69) is 9.71 Å². The third kappa shape index (κ3) is 4.82. The summed E-state index contributed by atoms with van der Waals surface area (Å²) in [5.74, 6) is 0.209. The molecule has 1 aromatic rings. The smallest absolute Gasteiger partial charge is 0.305 e. The van der Waals surface area contributed by atoms with Gasteiger partial charge in [-0.2, -0.15) is 0 Å². The minimum atomic E-state index is -3.48. The Morgan fingerprint density at radius 3 is 2.92 bits per heavy atom. The second kappa shape index (κ2) is 8.64. The van der Waals surface area contributed by atoms with Crippen LogP contribution in [-0.2, 0) is 24.3 Å². The van der Waals surface area contributed by atoms with E-state index in [-0.39, 0.29) is 17.0 Å². The van der Waals surface area contributed by atoms with E-state index in [4.69, 9.17) is 9.47 Å². The van der Waals surface area contributed by atoms with Crippen LogP contribution < -0.4 is 4.72 Å². The fourth-order valence-electron chi connectivity index (χ4n) is 3.03. The van der Waals surface area contributed by atoms with Crippen molar-refractivity contribution in [3.63, 3.8) is 0 Å². The normalized spacial score (nSPS) is 22.2. The molecular formula is C18H24N2O5S. The predicted octanol–water partition coefficient (Wildman–Crippen LogP) is 2.01. The Kier molecular flexibility index (Phi) is 6.26. The highest BCUT2D eigenvalue weighted by Gasteiger charge is 2.29. The number of rotatable bonds is 8. The average Bonchev–Trinajstić information content (AvgIpc) is 3.23. The molecule has 1 N–H and O–H groups in total. The highest BCUT2D eigenvalue weighted by atomic mass is 32.2. The van der Waals surface area contributed by atoms with E-state index in [0.29, 0.717) is 31.0 Å². The van der Waals surface area contributed by atoms with Crippen LogP contribution in [0.5, 0.6) is 0 Å². The minimum Gasteiger partial charge on any atom is -0.463 e. The fourth-order valence-corrected chi connectivity index (χ4v) is 4.28. The molecule has 7 nitrogen and oxygen atoms in total. The third-order valence-corrected chi connectivity index (χ3v) is 5.82. The molecule has 0 amide bonds. The number of ether oxygens (including phenoxy) is 2. The summed E-state index contributed by atoms with van der Waals surface area (Å²) in [6, 6.07) is 6.80. The number of benzene rings is 1. The van der Waals surface area contributed by atoms with Crippen molar-refractivity contribution in [1.82, 2.24) is 4.72 Å². The predicted molar refractivity (Wildman–Crippen MR) is 96.6 cm³/mol. The molecule has 2 heterocycles. The minimum absolute atomic E-state index is 0.0628. The molecule has 26 heavy (non-hydrogen) atoms. The molecule has 2 aliphatic rings. The van der Waals surface area contributed by atoms with Crippen LogP contribution in [0.4, 0.5) is 0 Å². The number of fused-ring (bicyclic) bond motifs is 1. The zero-order valence-electron chi connectivity index (χ0n) is 14.6. The van der Waals surface area contributed by atoms with Gasteiger partial charge < -0.3 is 9.47 Å². The lowest BCUT2D eigenvalue weighted by atomic mass is 10.2. The number of amidine groups is 1. The fraction of sp³-hybridized carbons (Fsp3) is 0.556. The molecule has 1 saturated heterocycles. The summed E-state index contributed by atoms with van der Waals surface area (Å²) in [7, 11) is -3.48. The first-order valence-electron chi connectivity index (χ1n) is 9.00. The molecule has 1 atom stereocenters. The van der Waals surface area contributed by atoms with Gasteiger partial charge in [0.05, 0.1) is 11.0 Å². The zero-order valence-corrected chi connectivity index (χ0v) is 15.5. The Morgan fingerprint density at radius 2 is 2.12 bits per heavy atom. The van der Waals surface area contributed by atoms with Crippen molar-refractivity contribution in [3.8, 4) is 0 Å². The number of hydrogen-bond donors (Lipinski definition) is 1. The Labute approximate surface area is 153 Å². The number of esters is 1. The number of carbonyl (C=O) groups excluding carboxylic acids is 1. The topological polar surface area (TPSA) is 94.1 Å². The van der Waals surface area contributed by atoms with Crippen LogP contribution in [0.15, 0.2) is 34.2 Å². The first-order valence-corrected chi connectivity index (χ1v) is 10.5. The van der Waals surface area contributed by atoms with E-state index < -0.39 is 10.0 Å². The van der Waals surface area contributed by atoms with Crippen molar-refractivity contribution < 1.29 is 22.7 Å². The molecule has 0 spiro atoms. The van der Waals surface area contributed by atoms with Crippen molar-refractivity contribution in [1.29, 1.82) is 0 Å². The highest BCUT2D eigenvalue weighted by molar-refractivity contribution is 7.90. The van der Waals surface area contributed by atoms with Gasteiger partial charge in [0.2, 0.25) is 0 Å². The number of unbranched alkanes of at least 4 members (excludes halogenated alkanes) is 2. The van der Waals surface area contributed by atoms with Gasteiger partial charge in [-0.25, -0.2) is 8.42 Å². The number of sulfonamides is 1. The Bertz CT molecular complexity index is 770. The first-order chi connectivity index (χ1) is 12.6. The summed E-state index contributed by atoms with van der Waals surface area (Å²) in [5, 5.41) is 0. The van der Waals surface area contributed by atoms with Gasteiger partial charge in [0, 0.05) is 25.1 Å². The number of aliphatic imine (C=N–C) groups is 1. The molecule has 0 aromatic heterocycles.